The van der Waals surface area contributed by atoms with Gasteiger partial charge in [-0.25, -0.2) is 0 Å². The summed E-state index contributed by atoms with van der Waals surface area (Å²) in [5.74, 6) is 2.20. The largest absolute Gasteiger partial charge is 0.497 e. The fourth-order valence-corrected chi connectivity index (χ4v) is 2.75. The van der Waals surface area contributed by atoms with E-state index in [1.807, 2.05) is 0 Å². The summed E-state index contributed by atoms with van der Waals surface area (Å²) in [6.07, 6.45) is 11.0. The van der Waals surface area contributed by atoms with Crippen molar-refractivity contribution in [1.29, 1.82) is 0 Å². The first-order valence-corrected chi connectivity index (χ1v) is 8.17. The second-order valence-electron chi connectivity index (χ2n) is 5.86. The molecule has 0 bridgehead atoms. The normalized spacial score (nSPS) is 17.5. The molecule has 1 aliphatic carbocycles. The lowest BCUT2D eigenvalue weighted by Crippen LogP contribution is -2.10. The average Bonchev–Trinajstić information content (AvgIpc) is 2.68. The molecule has 1 unspecified atom stereocenters. The van der Waals surface area contributed by atoms with Gasteiger partial charge in [0.15, 0.2) is 5.76 Å². The number of hydrogen-bond donors (Lipinski definition) is 1. The van der Waals surface area contributed by atoms with Gasteiger partial charge >= 0.3 is 0 Å². The van der Waals surface area contributed by atoms with E-state index in [9.17, 15) is 5.11 Å². The Morgan fingerprint density at radius 3 is 2.52 bits per heavy atom. The Kier molecular flexibility index (Phi) is 5.46. The van der Waals surface area contributed by atoms with E-state index in [2.05, 4.69) is 18.2 Å². The summed E-state index contributed by atoms with van der Waals surface area (Å²) < 4.78 is 21.7. The molecule has 132 valence electrons. The average molecular weight is 342 g/mol. The quantitative estimate of drug-likeness (QED) is 0.842. The minimum absolute atomic E-state index is 0.333. The molecule has 0 spiro atoms. The maximum atomic E-state index is 10.7. The van der Waals surface area contributed by atoms with Crippen LogP contribution in [0.4, 0.5) is 0 Å². The van der Waals surface area contributed by atoms with Crippen LogP contribution in [0.25, 0.3) is 0 Å². The van der Waals surface area contributed by atoms with Crippen molar-refractivity contribution in [2.75, 3.05) is 14.2 Å². The lowest BCUT2D eigenvalue weighted by molar-refractivity contribution is 0.107. The number of ether oxygens (including phenoxy) is 4. The van der Waals surface area contributed by atoms with E-state index in [1.165, 1.54) is 11.8 Å². The summed E-state index contributed by atoms with van der Waals surface area (Å²) in [7, 11) is 3.13. The van der Waals surface area contributed by atoms with Crippen LogP contribution in [0.2, 0.25) is 0 Å². The molecule has 1 aliphatic heterocycles. The number of aliphatic hydroxyl groups is 1. The number of hydrogen-bond acceptors (Lipinski definition) is 5. The highest BCUT2D eigenvalue weighted by Gasteiger charge is 2.22. The Morgan fingerprint density at radius 2 is 1.88 bits per heavy atom. The summed E-state index contributed by atoms with van der Waals surface area (Å²) in [6.45, 7) is 0. The molecular formula is C20H22O5. The Bertz CT molecular complexity index is 720. The zero-order valence-electron chi connectivity index (χ0n) is 14.4. The van der Waals surface area contributed by atoms with Crippen LogP contribution in [0.3, 0.4) is 0 Å². The van der Waals surface area contributed by atoms with Crippen molar-refractivity contribution in [2.24, 2.45) is 0 Å². The number of allylic oxidation sites excluding steroid dienone is 4. The highest BCUT2D eigenvalue weighted by atomic mass is 16.6. The predicted molar refractivity (Wildman–Crippen MR) is 93.9 cm³/mol. The lowest BCUT2D eigenvalue weighted by atomic mass is 10.0. The van der Waals surface area contributed by atoms with Crippen molar-refractivity contribution in [3.05, 3.63) is 71.6 Å². The monoisotopic (exact) mass is 342 g/mol. The van der Waals surface area contributed by atoms with Crippen LogP contribution in [0, 0.1) is 0 Å². The summed E-state index contributed by atoms with van der Waals surface area (Å²) >= 11 is 0. The molecule has 0 aromatic heterocycles. The molecule has 25 heavy (non-hydrogen) atoms. The molecule has 0 amide bonds. The maximum Gasteiger partial charge on any atom is 0.172 e. The van der Waals surface area contributed by atoms with E-state index >= 15 is 0 Å². The SMILES string of the molecule is COc1cc(OC)cc(C(O)C2=COC=C(CC3=CC=CCC3)O2)c1. The summed E-state index contributed by atoms with van der Waals surface area (Å²) in [5.41, 5.74) is 1.88. The van der Waals surface area contributed by atoms with Crippen molar-refractivity contribution in [2.45, 2.75) is 25.4 Å². The molecule has 2 aliphatic rings. The fourth-order valence-electron chi connectivity index (χ4n) is 2.75. The number of methoxy groups -OCH3 is 2. The zero-order chi connectivity index (χ0) is 17.6. The van der Waals surface area contributed by atoms with Crippen molar-refractivity contribution in [3.63, 3.8) is 0 Å². The molecule has 1 heterocycles. The minimum atomic E-state index is -0.979. The van der Waals surface area contributed by atoms with Gasteiger partial charge in [-0.2, -0.15) is 0 Å². The van der Waals surface area contributed by atoms with Crippen LogP contribution in [-0.2, 0) is 9.47 Å². The molecule has 0 saturated carbocycles. The van der Waals surface area contributed by atoms with Gasteiger partial charge in [0.05, 0.1) is 14.2 Å². The Labute approximate surface area is 147 Å². The third-order valence-electron chi connectivity index (χ3n) is 4.09. The highest BCUT2D eigenvalue weighted by Crippen LogP contribution is 2.34. The molecular weight excluding hydrogens is 320 g/mol. The van der Waals surface area contributed by atoms with Gasteiger partial charge in [-0.3, -0.25) is 0 Å². The summed E-state index contributed by atoms with van der Waals surface area (Å²) in [6, 6.07) is 5.23. The second kappa shape index (κ2) is 7.94. The maximum absolute atomic E-state index is 10.7. The summed E-state index contributed by atoms with van der Waals surface area (Å²) in [4.78, 5) is 0. The van der Waals surface area contributed by atoms with Crippen LogP contribution in [-0.4, -0.2) is 19.3 Å². The van der Waals surface area contributed by atoms with Gasteiger partial charge in [-0.15, -0.1) is 0 Å². The van der Waals surface area contributed by atoms with Crippen molar-refractivity contribution >= 4 is 0 Å². The van der Waals surface area contributed by atoms with E-state index < -0.39 is 6.10 Å². The van der Waals surface area contributed by atoms with Crippen LogP contribution in [0.1, 0.15) is 30.9 Å². The third-order valence-corrected chi connectivity index (χ3v) is 4.09. The molecule has 3 rings (SSSR count). The van der Waals surface area contributed by atoms with Gasteiger partial charge in [0.1, 0.15) is 35.9 Å². The van der Waals surface area contributed by atoms with Gasteiger partial charge in [-0.05, 0) is 30.5 Å². The molecule has 1 N–H and O–H groups in total. The molecule has 1 atom stereocenters. The van der Waals surface area contributed by atoms with Crippen LogP contribution < -0.4 is 9.47 Å². The van der Waals surface area contributed by atoms with Crippen LogP contribution in [0.5, 0.6) is 11.5 Å². The Morgan fingerprint density at radius 1 is 1.12 bits per heavy atom. The first-order chi connectivity index (χ1) is 12.2. The first kappa shape index (κ1) is 17.2. The lowest BCUT2D eigenvalue weighted by Gasteiger charge is -2.22. The molecule has 5 nitrogen and oxygen atoms in total. The number of rotatable bonds is 6. The van der Waals surface area contributed by atoms with E-state index in [0.717, 1.165) is 12.8 Å². The van der Waals surface area contributed by atoms with Crippen molar-refractivity contribution in [1.82, 2.24) is 0 Å². The first-order valence-electron chi connectivity index (χ1n) is 8.17. The van der Waals surface area contributed by atoms with E-state index in [-0.39, 0.29) is 0 Å². The van der Waals surface area contributed by atoms with E-state index in [0.29, 0.717) is 35.0 Å². The van der Waals surface area contributed by atoms with Crippen LogP contribution in [0.15, 0.2) is 66.0 Å². The molecule has 1 aromatic carbocycles. The van der Waals surface area contributed by atoms with Crippen LogP contribution >= 0.6 is 0 Å². The zero-order valence-corrected chi connectivity index (χ0v) is 14.4. The number of aliphatic hydroxyl groups excluding tert-OH is 1. The standard InChI is InChI=1S/C20H22O5/c1-22-16-9-15(10-17(11-16)23-2)20(21)19-13-24-12-18(25-19)8-14-6-4-3-5-7-14/h3-4,6,9-13,20-21H,5,7-8H2,1-2H3. The second-order valence-corrected chi connectivity index (χ2v) is 5.86. The smallest absolute Gasteiger partial charge is 0.172 e. The fraction of sp³-hybridized carbons (Fsp3) is 0.300. The molecule has 1 aromatic rings. The van der Waals surface area contributed by atoms with E-state index in [1.54, 1.807) is 38.7 Å². The topological polar surface area (TPSA) is 57.2 Å². The Hall–Kier alpha value is -2.66. The van der Waals surface area contributed by atoms with Crippen molar-refractivity contribution < 1.29 is 24.1 Å². The molecule has 0 fully saturated rings. The number of benzene rings is 1. The Balaban J connectivity index is 1.72. The van der Waals surface area contributed by atoms with Gasteiger partial charge in [-0.1, -0.05) is 23.8 Å². The highest BCUT2D eigenvalue weighted by molar-refractivity contribution is 5.41. The summed E-state index contributed by atoms with van der Waals surface area (Å²) in [5, 5.41) is 10.7. The molecule has 5 heteroatoms. The predicted octanol–water partition coefficient (Wildman–Crippen LogP) is 4.13. The van der Waals surface area contributed by atoms with Gasteiger partial charge in [0, 0.05) is 12.5 Å². The van der Waals surface area contributed by atoms with Gasteiger partial charge < -0.3 is 24.1 Å². The van der Waals surface area contributed by atoms with E-state index in [4.69, 9.17) is 18.9 Å². The molecule has 0 saturated heterocycles. The van der Waals surface area contributed by atoms with Gasteiger partial charge in [0.25, 0.3) is 0 Å². The minimum Gasteiger partial charge on any atom is -0.497 e. The van der Waals surface area contributed by atoms with Gasteiger partial charge in [0.2, 0.25) is 0 Å². The molecule has 0 radical (unpaired) electrons. The third kappa shape index (κ3) is 4.25. The van der Waals surface area contributed by atoms with Crippen molar-refractivity contribution in [3.8, 4) is 11.5 Å².